The Labute approximate surface area is 117 Å². The summed E-state index contributed by atoms with van der Waals surface area (Å²) in [7, 11) is 0. The molecule has 1 aromatic carbocycles. The van der Waals surface area contributed by atoms with Gasteiger partial charge in [0.25, 0.3) is 0 Å². The number of pyridine rings is 1. The van der Waals surface area contributed by atoms with Gasteiger partial charge < -0.3 is 5.11 Å². The first kappa shape index (κ1) is 13.5. The summed E-state index contributed by atoms with van der Waals surface area (Å²) in [6.07, 6.45) is 0.932. The molecule has 0 fully saturated rings. The minimum atomic E-state index is -0.717. The van der Waals surface area contributed by atoms with Crippen molar-refractivity contribution in [2.24, 2.45) is 0 Å². The molecule has 2 nitrogen and oxygen atoms in total. The number of aliphatic hydroxyl groups is 1. The first-order valence-electron chi connectivity index (χ1n) is 5.34. The Hall–Kier alpha value is -0.910. The average molecular weight is 328 g/mol. The van der Waals surface area contributed by atoms with Crippen molar-refractivity contribution in [3.63, 3.8) is 0 Å². The second-order valence-corrected chi connectivity index (χ2v) is 5.58. The number of hydrogen-bond acceptors (Lipinski definition) is 3. The standard InChI is InChI=1S/C13H11BrFNOS/c1-8(17)9-4-2-6-11(15)12(9)18-13-10(14)5-3-7-16-13/h2-8,17H,1H3/t8-/m1/s1. The van der Waals surface area contributed by atoms with E-state index in [9.17, 15) is 9.50 Å². The molecule has 2 aromatic rings. The quantitative estimate of drug-likeness (QED) is 0.917. The van der Waals surface area contributed by atoms with Gasteiger partial charge in [0.1, 0.15) is 10.8 Å². The summed E-state index contributed by atoms with van der Waals surface area (Å²) in [6, 6.07) is 8.33. The van der Waals surface area contributed by atoms with E-state index >= 15 is 0 Å². The highest BCUT2D eigenvalue weighted by Crippen LogP contribution is 2.37. The first-order valence-corrected chi connectivity index (χ1v) is 6.95. The van der Waals surface area contributed by atoms with E-state index in [1.165, 1.54) is 17.8 Å². The maximum Gasteiger partial charge on any atom is 0.137 e. The van der Waals surface area contributed by atoms with Gasteiger partial charge in [0.15, 0.2) is 0 Å². The number of halogens is 2. The number of nitrogens with zero attached hydrogens (tertiary/aromatic N) is 1. The van der Waals surface area contributed by atoms with Gasteiger partial charge in [0.05, 0.1) is 15.5 Å². The maximum absolute atomic E-state index is 13.9. The molecule has 0 unspecified atom stereocenters. The Kier molecular flexibility index (Phi) is 4.37. The molecule has 0 saturated heterocycles. The van der Waals surface area contributed by atoms with Crippen molar-refractivity contribution in [2.75, 3.05) is 0 Å². The van der Waals surface area contributed by atoms with E-state index in [4.69, 9.17) is 0 Å². The highest BCUT2D eigenvalue weighted by Gasteiger charge is 2.15. The van der Waals surface area contributed by atoms with Gasteiger partial charge in [-0.05, 0) is 46.6 Å². The molecular weight excluding hydrogens is 317 g/mol. The Morgan fingerprint density at radius 1 is 1.33 bits per heavy atom. The zero-order chi connectivity index (χ0) is 13.1. The SMILES string of the molecule is C[C@@H](O)c1cccc(F)c1Sc1ncccc1Br. The van der Waals surface area contributed by atoms with Crippen molar-refractivity contribution in [1.82, 2.24) is 4.98 Å². The smallest absolute Gasteiger partial charge is 0.137 e. The lowest BCUT2D eigenvalue weighted by Gasteiger charge is -2.12. The summed E-state index contributed by atoms with van der Waals surface area (Å²) in [5, 5.41) is 10.3. The molecule has 0 amide bonds. The second kappa shape index (κ2) is 5.82. The van der Waals surface area contributed by atoms with Crippen LogP contribution in [0.3, 0.4) is 0 Å². The summed E-state index contributed by atoms with van der Waals surface area (Å²) in [5.41, 5.74) is 0.567. The minimum Gasteiger partial charge on any atom is -0.389 e. The number of aromatic nitrogens is 1. The topological polar surface area (TPSA) is 33.1 Å². The molecule has 0 radical (unpaired) electrons. The lowest BCUT2D eigenvalue weighted by Crippen LogP contribution is -1.97. The Balaban J connectivity index is 2.43. The van der Waals surface area contributed by atoms with E-state index in [0.717, 1.165) is 4.47 Å². The second-order valence-electron chi connectivity index (χ2n) is 3.73. The van der Waals surface area contributed by atoms with Crippen LogP contribution in [-0.4, -0.2) is 10.1 Å². The van der Waals surface area contributed by atoms with Crippen LogP contribution in [0.15, 0.2) is 50.9 Å². The molecule has 2 rings (SSSR count). The van der Waals surface area contributed by atoms with Crippen LogP contribution in [-0.2, 0) is 0 Å². The summed E-state index contributed by atoms with van der Waals surface area (Å²) >= 11 is 4.57. The molecule has 0 aliphatic carbocycles. The van der Waals surface area contributed by atoms with Crippen LogP contribution < -0.4 is 0 Å². The van der Waals surface area contributed by atoms with Crippen LogP contribution >= 0.6 is 27.7 Å². The van der Waals surface area contributed by atoms with Gasteiger partial charge in [-0.1, -0.05) is 23.9 Å². The van der Waals surface area contributed by atoms with Gasteiger partial charge >= 0.3 is 0 Å². The lowest BCUT2D eigenvalue weighted by atomic mass is 10.1. The largest absolute Gasteiger partial charge is 0.389 e. The Morgan fingerprint density at radius 3 is 2.78 bits per heavy atom. The van der Waals surface area contributed by atoms with Gasteiger partial charge in [0, 0.05) is 6.20 Å². The molecule has 1 heterocycles. The highest BCUT2D eigenvalue weighted by molar-refractivity contribution is 9.10. The Bertz CT molecular complexity index is 562. The van der Waals surface area contributed by atoms with Gasteiger partial charge in [-0.25, -0.2) is 9.37 Å². The zero-order valence-corrected chi connectivity index (χ0v) is 12.0. The van der Waals surface area contributed by atoms with Crippen molar-refractivity contribution >= 4 is 27.7 Å². The zero-order valence-electron chi connectivity index (χ0n) is 9.60. The fourth-order valence-electron chi connectivity index (χ4n) is 1.51. The van der Waals surface area contributed by atoms with Gasteiger partial charge in [-0.2, -0.15) is 0 Å². The molecule has 18 heavy (non-hydrogen) atoms. The van der Waals surface area contributed by atoms with Crippen LogP contribution in [0.2, 0.25) is 0 Å². The summed E-state index contributed by atoms with van der Waals surface area (Å²) in [4.78, 5) is 4.59. The third kappa shape index (κ3) is 2.91. The molecule has 0 aliphatic rings. The van der Waals surface area contributed by atoms with E-state index in [1.807, 2.05) is 6.07 Å². The average Bonchev–Trinajstić information content (AvgIpc) is 2.34. The van der Waals surface area contributed by atoms with E-state index < -0.39 is 6.10 Å². The number of hydrogen-bond donors (Lipinski definition) is 1. The normalized spacial score (nSPS) is 12.4. The fourth-order valence-corrected chi connectivity index (χ4v) is 3.00. The summed E-state index contributed by atoms with van der Waals surface area (Å²) < 4.78 is 14.7. The van der Waals surface area contributed by atoms with E-state index in [1.54, 1.807) is 31.3 Å². The summed E-state index contributed by atoms with van der Waals surface area (Å²) in [5.74, 6) is -0.351. The van der Waals surface area contributed by atoms with Crippen molar-refractivity contribution < 1.29 is 9.50 Å². The minimum absolute atomic E-state index is 0.351. The molecule has 1 atom stereocenters. The van der Waals surface area contributed by atoms with E-state index in [2.05, 4.69) is 20.9 Å². The predicted molar refractivity (Wildman–Crippen MR) is 73.1 cm³/mol. The monoisotopic (exact) mass is 327 g/mol. The molecule has 1 N–H and O–H groups in total. The van der Waals surface area contributed by atoms with Crippen LogP contribution in [0.1, 0.15) is 18.6 Å². The highest BCUT2D eigenvalue weighted by atomic mass is 79.9. The van der Waals surface area contributed by atoms with Crippen molar-refractivity contribution in [1.29, 1.82) is 0 Å². The Morgan fingerprint density at radius 2 is 2.11 bits per heavy atom. The fraction of sp³-hybridized carbons (Fsp3) is 0.154. The van der Waals surface area contributed by atoms with Crippen LogP contribution in [0, 0.1) is 5.82 Å². The third-order valence-corrected chi connectivity index (χ3v) is 4.43. The van der Waals surface area contributed by atoms with Crippen LogP contribution in [0.5, 0.6) is 0 Å². The van der Waals surface area contributed by atoms with Gasteiger partial charge in [0.2, 0.25) is 0 Å². The maximum atomic E-state index is 13.9. The first-order chi connectivity index (χ1) is 8.59. The lowest BCUT2D eigenvalue weighted by molar-refractivity contribution is 0.195. The predicted octanol–water partition coefficient (Wildman–Crippen LogP) is 4.19. The van der Waals surface area contributed by atoms with E-state index in [-0.39, 0.29) is 5.82 Å². The molecular formula is C13H11BrFNOS. The molecule has 5 heteroatoms. The molecule has 0 saturated carbocycles. The number of benzene rings is 1. The van der Waals surface area contributed by atoms with Gasteiger partial charge in [-0.3, -0.25) is 0 Å². The molecule has 0 aliphatic heterocycles. The van der Waals surface area contributed by atoms with Crippen molar-refractivity contribution in [3.05, 3.63) is 52.4 Å². The van der Waals surface area contributed by atoms with Crippen LogP contribution in [0.4, 0.5) is 4.39 Å². The molecule has 0 bridgehead atoms. The van der Waals surface area contributed by atoms with Crippen molar-refractivity contribution in [3.8, 4) is 0 Å². The number of aliphatic hydroxyl groups excluding tert-OH is 1. The molecule has 94 valence electrons. The summed E-state index contributed by atoms with van der Waals surface area (Å²) in [6.45, 7) is 1.62. The molecule has 0 spiro atoms. The van der Waals surface area contributed by atoms with E-state index in [0.29, 0.717) is 15.5 Å². The molecule has 1 aromatic heterocycles. The van der Waals surface area contributed by atoms with Gasteiger partial charge in [-0.15, -0.1) is 0 Å². The van der Waals surface area contributed by atoms with Crippen molar-refractivity contribution in [2.45, 2.75) is 22.9 Å². The van der Waals surface area contributed by atoms with Crippen LogP contribution in [0.25, 0.3) is 0 Å². The third-order valence-electron chi connectivity index (χ3n) is 2.37. The number of rotatable bonds is 3.